The van der Waals surface area contributed by atoms with E-state index in [1.165, 1.54) is 12.8 Å². The van der Waals surface area contributed by atoms with Crippen LogP contribution in [0.4, 0.5) is 0 Å². The van der Waals surface area contributed by atoms with E-state index >= 15 is 0 Å². The van der Waals surface area contributed by atoms with Gasteiger partial charge in [-0.05, 0) is 18.8 Å². The summed E-state index contributed by atoms with van der Waals surface area (Å²) >= 11 is 0. The Hall–Kier alpha value is -0.860. The van der Waals surface area contributed by atoms with Crippen molar-refractivity contribution in [3.05, 3.63) is 12.4 Å². The standard InChI is InChI=1S/C6H8N3/c1-2-6(1)5-9-4-3-7-8-9/h4,6H,1-2,5H2. The van der Waals surface area contributed by atoms with Crippen molar-refractivity contribution < 1.29 is 0 Å². The van der Waals surface area contributed by atoms with Crippen molar-refractivity contribution in [1.29, 1.82) is 0 Å². The summed E-state index contributed by atoms with van der Waals surface area (Å²) in [4.78, 5) is 0. The van der Waals surface area contributed by atoms with Gasteiger partial charge in [0.2, 0.25) is 0 Å². The largest absolute Gasteiger partial charge is 0.252 e. The first-order valence-corrected chi connectivity index (χ1v) is 3.21. The Balaban J connectivity index is 1.99. The third kappa shape index (κ3) is 1.09. The van der Waals surface area contributed by atoms with E-state index in [2.05, 4.69) is 16.5 Å². The van der Waals surface area contributed by atoms with E-state index in [1.54, 1.807) is 6.20 Å². The van der Waals surface area contributed by atoms with Crippen molar-refractivity contribution in [2.45, 2.75) is 19.4 Å². The first kappa shape index (κ1) is 4.97. The number of hydrogen-bond donors (Lipinski definition) is 0. The minimum absolute atomic E-state index is 0.875. The molecule has 0 saturated heterocycles. The van der Waals surface area contributed by atoms with Crippen molar-refractivity contribution in [2.75, 3.05) is 0 Å². The van der Waals surface area contributed by atoms with Crippen molar-refractivity contribution >= 4 is 0 Å². The molecule has 2 rings (SSSR count). The van der Waals surface area contributed by atoms with Crippen LogP contribution in [0.15, 0.2) is 6.20 Å². The summed E-state index contributed by atoms with van der Waals surface area (Å²) in [6.07, 6.45) is 7.18. The maximum absolute atomic E-state index is 3.81. The third-order valence-electron chi connectivity index (χ3n) is 1.57. The third-order valence-corrected chi connectivity index (χ3v) is 1.57. The first-order valence-electron chi connectivity index (χ1n) is 3.21. The van der Waals surface area contributed by atoms with Crippen LogP contribution in [0.5, 0.6) is 0 Å². The molecule has 0 amide bonds. The molecule has 0 atom stereocenters. The lowest BCUT2D eigenvalue weighted by Gasteiger charge is -1.92. The van der Waals surface area contributed by atoms with E-state index < -0.39 is 0 Å². The van der Waals surface area contributed by atoms with Crippen LogP contribution in [-0.2, 0) is 6.54 Å². The SMILES string of the molecule is [c]1cn(CC2CC2)nn1. The molecule has 1 heterocycles. The van der Waals surface area contributed by atoms with Crippen molar-refractivity contribution in [3.8, 4) is 0 Å². The molecule has 3 heteroatoms. The van der Waals surface area contributed by atoms with Gasteiger partial charge >= 0.3 is 0 Å². The predicted molar refractivity (Wildman–Crippen MR) is 31.6 cm³/mol. The summed E-state index contributed by atoms with van der Waals surface area (Å²) in [5.74, 6) is 0.875. The fraction of sp³-hybridized carbons (Fsp3) is 0.667. The molecule has 1 aliphatic rings. The Kier molecular flexibility index (Phi) is 1.01. The highest BCUT2D eigenvalue weighted by Crippen LogP contribution is 2.29. The lowest BCUT2D eigenvalue weighted by molar-refractivity contribution is 0.544. The molecule has 0 bridgehead atoms. The van der Waals surface area contributed by atoms with Gasteiger partial charge in [0.25, 0.3) is 0 Å². The van der Waals surface area contributed by atoms with E-state index in [1.807, 2.05) is 4.68 Å². The molecular formula is C6H8N3. The molecule has 0 aliphatic heterocycles. The maximum Gasteiger partial charge on any atom is 0.134 e. The highest BCUT2D eigenvalue weighted by Gasteiger charge is 2.21. The number of hydrogen-bond acceptors (Lipinski definition) is 2. The number of rotatable bonds is 2. The zero-order valence-electron chi connectivity index (χ0n) is 5.12. The van der Waals surface area contributed by atoms with Crippen molar-refractivity contribution in [3.63, 3.8) is 0 Å². The maximum atomic E-state index is 3.81. The lowest BCUT2D eigenvalue weighted by atomic mass is 10.4. The van der Waals surface area contributed by atoms with Crippen LogP contribution in [0.25, 0.3) is 0 Å². The molecule has 1 aromatic heterocycles. The smallest absolute Gasteiger partial charge is 0.134 e. The van der Waals surface area contributed by atoms with Crippen LogP contribution >= 0.6 is 0 Å². The molecule has 0 aromatic carbocycles. The fourth-order valence-corrected chi connectivity index (χ4v) is 0.856. The van der Waals surface area contributed by atoms with Gasteiger partial charge in [-0.15, -0.1) is 5.10 Å². The van der Waals surface area contributed by atoms with Crippen LogP contribution in [0.3, 0.4) is 0 Å². The van der Waals surface area contributed by atoms with Gasteiger partial charge in [-0.25, -0.2) is 0 Å². The Morgan fingerprint density at radius 1 is 1.67 bits per heavy atom. The number of nitrogens with zero attached hydrogens (tertiary/aromatic N) is 3. The molecule has 0 unspecified atom stereocenters. The zero-order chi connectivity index (χ0) is 6.10. The summed E-state index contributed by atoms with van der Waals surface area (Å²) < 4.78 is 1.84. The second-order valence-electron chi connectivity index (χ2n) is 2.51. The van der Waals surface area contributed by atoms with Crippen LogP contribution in [-0.4, -0.2) is 15.0 Å². The van der Waals surface area contributed by atoms with E-state index in [4.69, 9.17) is 0 Å². The van der Waals surface area contributed by atoms with E-state index in [9.17, 15) is 0 Å². The molecule has 0 spiro atoms. The molecule has 1 radical (unpaired) electrons. The van der Waals surface area contributed by atoms with Crippen LogP contribution < -0.4 is 0 Å². The number of aromatic nitrogens is 3. The summed E-state index contributed by atoms with van der Waals surface area (Å²) in [6, 6.07) is 0. The molecule has 9 heavy (non-hydrogen) atoms. The monoisotopic (exact) mass is 122 g/mol. The molecule has 3 nitrogen and oxygen atoms in total. The highest BCUT2D eigenvalue weighted by atomic mass is 15.4. The summed E-state index contributed by atoms with van der Waals surface area (Å²) in [6.45, 7) is 1.04. The Morgan fingerprint density at radius 2 is 2.56 bits per heavy atom. The Morgan fingerprint density at radius 3 is 3.11 bits per heavy atom. The Bertz CT molecular complexity index is 176. The molecule has 0 N–H and O–H groups in total. The summed E-state index contributed by atoms with van der Waals surface area (Å²) in [7, 11) is 0. The highest BCUT2D eigenvalue weighted by molar-refractivity contribution is 4.74. The van der Waals surface area contributed by atoms with Crippen LogP contribution in [0.1, 0.15) is 12.8 Å². The van der Waals surface area contributed by atoms with E-state index in [0.29, 0.717) is 0 Å². The molecule has 1 saturated carbocycles. The fourth-order valence-electron chi connectivity index (χ4n) is 0.856. The van der Waals surface area contributed by atoms with E-state index in [-0.39, 0.29) is 0 Å². The van der Waals surface area contributed by atoms with Gasteiger partial charge in [0.1, 0.15) is 6.20 Å². The van der Waals surface area contributed by atoms with Gasteiger partial charge in [-0.2, -0.15) is 0 Å². The average Bonchev–Trinajstić information content (AvgIpc) is 2.46. The second kappa shape index (κ2) is 1.83. The molecule has 1 fully saturated rings. The van der Waals surface area contributed by atoms with Gasteiger partial charge in [0, 0.05) is 6.54 Å². The average molecular weight is 122 g/mol. The topological polar surface area (TPSA) is 30.7 Å². The minimum atomic E-state index is 0.875. The predicted octanol–water partition coefficient (Wildman–Crippen LogP) is 0.488. The molecule has 47 valence electrons. The normalized spacial score (nSPS) is 18.2. The molecule has 1 aliphatic carbocycles. The summed E-state index contributed by atoms with van der Waals surface area (Å²) in [5, 5.41) is 7.40. The van der Waals surface area contributed by atoms with Crippen molar-refractivity contribution in [1.82, 2.24) is 15.0 Å². The molecule has 1 aromatic rings. The van der Waals surface area contributed by atoms with Gasteiger partial charge in [-0.3, -0.25) is 4.68 Å². The molecular weight excluding hydrogens is 114 g/mol. The van der Waals surface area contributed by atoms with Gasteiger partial charge in [0.15, 0.2) is 0 Å². The lowest BCUT2D eigenvalue weighted by Crippen LogP contribution is -1.99. The van der Waals surface area contributed by atoms with Crippen molar-refractivity contribution in [2.24, 2.45) is 5.92 Å². The summed E-state index contributed by atoms with van der Waals surface area (Å²) in [5.41, 5.74) is 0. The van der Waals surface area contributed by atoms with Gasteiger partial charge in [-0.1, -0.05) is 5.21 Å². The van der Waals surface area contributed by atoms with Gasteiger partial charge in [0.05, 0.1) is 6.20 Å². The quantitative estimate of drug-likeness (QED) is 0.571. The van der Waals surface area contributed by atoms with E-state index in [0.717, 1.165) is 12.5 Å². The second-order valence-corrected chi connectivity index (χ2v) is 2.51. The minimum Gasteiger partial charge on any atom is -0.252 e. The van der Waals surface area contributed by atoms with Gasteiger partial charge < -0.3 is 0 Å². The Labute approximate surface area is 53.7 Å². The van der Waals surface area contributed by atoms with Crippen LogP contribution in [0.2, 0.25) is 0 Å². The van der Waals surface area contributed by atoms with Crippen LogP contribution in [0, 0.1) is 12.1 Å². The zero-order valence-corrected chi connectivity index (χ0v) is 5.12. The first-order chi connectivity index (χ1) is 4.45.